The predicted molar refractivity (Wildman–Crippen MR) is 95.4 cm³/mol. The van der Waals surface area contributed by atoms with Crippen LogP contribution in [0.4, 0.5) is 0 Å². The van der Waals surface area contributed by atoms with Crippen LogP contribution in [0.2, 0.25) is 5.02 Å². The highest BCUT2D eigenvalue weighted by Crippen LogP contribution is 2.22. The molecule has 0 radical (unpaired) electrons. The van der Waals surface area contributed by atoms with Crippen LogP contribution in [0.15, 0.2) is 70.2 Å². The van der Waals surface area contributed by atoms with Crippen molar-refractivity contribution >= 4 is 23.7 Å². The highest BCUT2D eigenvalue weighted by Gasteiger charge is 2.08. The van der Waals surface area contributed by atoms with Crippen LogP contribution in [0.3, 0.4) is 0 Å². The Morgan fingerprint density at radius 2 is 1.88 bits per heavy atom. The molecule has 2 aromatic carbocycles. The number of halogens is 1. The zero-order chi connectivity index (χ0) is 17.6. The summed E-state index contributed by atoms with van der Waals surface area (Å²) < 4.78 is 5.64. The average molecular weight is 350 g/mol. The molecule has 0 saturated carbocycles. The first kappa shape index (κ1) is 16.5. The molecule has 0 aliphatic heterocycles. The number of hydrogen-bond donors (Lipinski definition) is 1. The maximum atomic E-state index is 12.0. The van der Waals surface area contributed by atoms with E-state index in [4.69, 9.17) is 21.3 Å². The number of carbonyl (C=O) groups is 1. The molecule has 1 amide bonds. The third-order valence-corrected chi connectivity index (χ3v) is 3.73. The van der Waals surface area contributed by atoms with Gasteiger partial charge in [-0.2, -0.15) is 10.4 Å². The van der Waals surface area contributed by atoms with Crippen LogP contribution in [-0.2, 0) is 0 Å². The maximum Gasteiger partial charge on any atom is 0.272 e. The highest BCUT2D eigenvalue weighted by atomic mass is 35.5. The van der Waals surface area contributed by atoms with E-state index in [-0.39, 0.29) is 0 Å². The van der Waals surface area contributed by atoms with Crippen LogP contribution in [0.5, 0.6) is 0 Å². The third kappa shape index (κ3) is 3.94. The first-order valence-corrected chi connectivity index (χ1v) is 7.73. The molecule has 1 N–H and O–H groups in total. The van der Waals surface area contributed by atoms with Gasteiger partial charge in [0.05, 0.1) is 28.4 Å². The molecule has 1 aromatic heterocycles. The van der Waals surface area contributed by atoms with Crippen molar-refractivity contribution in [1.29, 1.82) is 5.26 Å². The van der Waals surface area contributed by atoms with Gasteiger partial charge < -0.3 is 4.42 Å². The molecule has 0 saturated heterocycles. The molecular formula is C19H12ClN3O2. The number of nitrogens with zero attached hydrogens (tertiary/aromatic N) is 2. The summed E-state index contributed by atoms with van der Waals surface area (Å²) in [4.78, 5) is 12.0. The van der Waals surface area contributed by atoms with Gasteiger partial charge in [0.1, 0.15) is 11.5 Å². The van der Waals surface area contributed by atoms with Gasteiger partial charge in [-0.15, -0.1) is 0 Å². The van der Waals surface area contributed by atoms with Gasteiger partial charge in [-0.3, -0.25) is 4.79 Å². The quantitative estimate of drug-likeness (QED) is 0.565. The summed E-state index contributed by atoms with van der Waals surface area (Å²) in [5.41, 5.74) is 4.18. The van der Waals surface area contributed by atoms with E-state index in [1.807, 2.05) is 0 Å². The van der Waals surface area contributed by atoms with E-state index in [1.165, 1.54) is 6.21 Å². The summed E-state index contributed by atoms with van der Waals surface area (Å²) in [7, 11) is 0. The Morgan fingerprint density at radius 3 is 2.60 bits per heavy atom. The number of benzene rings is 2. The number of nitrogens with one attached hydrogen (secondary N) is 1. The Kier molecular flexibility index (Phi) is 4.93. The fourth-order valence-corrected chi connectivity index (χ4v) is 2.37. The van der Waals surface area contributed by atoms with Gasteiger partial charge in [0, 0.05) is 5.56 Å². The van der Waals surface area contributed by atoms with Crippen molar-refractivity contribution in [3.63, 3.8) is 0 Å². The molecular weight excluding hydrogens is 338 g/mol. The fraction of sp³-hybridized carbons (Fsp3) is 0. The molecule has 1 heterocycles. The minimum absolute atomic E-state index is 0.346. The van der Waals surface area contributed by atoms with Gasteiger partial charge >= 0.3 is 0 Å². The number of carbonyl (C=O) groups excluding carboxylic acids is 1. The van der Waals surface area contributed by atoms with E-state index in [2.05, 4.69) is 16.6 Å². The lowest BCUT2D eigenvalue weighted by molar-refractivity contribution is 0.0955. The SMILES string of the molecule is N#Cc1ccc(-c2ccc(C=NNC(=O)c3ccccc3Cl)o2)cc1. The number of amides is 1. The number of rotatable bonds is 4. The van der Waals surface area contributed by atoms with Crippen LogP contribution in [-0.4, -0.2) is 12.1 Å². The molecule has 3 rings (SSSR count). The maximum absolute atomic E-state index is 12.0. The second-order valence-electron chi connectivity index (χ2n) is 5.07. The molecule has 0 aliphatic rings. The molecule has 3 aromatic rings. The summed E-state index contributed by atoms with van der Waals surface area (Å²) >= 11 is 5.96. The summed E-state index contributed by atoms with van der Waals surface area (Å²) in [5, 5.41) is 13.0. The Balaban J connectivity index is 1.67. The van der Waals surface area contributed by atoms with Gasteiger partial charge in [0.25, 0.3) is 5.91 Å². The standard InChI is InChI=1S/C19H12ClN3O2/c20-17-4-2-1-3-16(17)19(24)23-22-12-15-9-10-18(25-15)14-7-5-13(11-21)6-8-14/h1-10,12H,(H,23,24). The van der Waals surface area contributed by atoms with Gasteiger partial charge in [0.2, 0.25) is 0 Å². The van der Waals surface area contributed by atoms with Gasteiger partial charge in [-0.25, -0.2) is 5.43 Å². The van der Waals surface area contributed by atoms with E-state index in [0.29, 0.717) is 27.7 Å². The highest BCUT2D eigenvalue weighted by molar-refractivity contribution is 6.33. The first-order valence-electron chi connectivity index (χ1n) is 7.35. The average Bonchev–Trinajstić information content (AvgIpc) is 3.11. The summed E-state index contributed by atoms with van der Waals surface area (Å²) in [6.45, 7) is 0. The fourth-order valence-electron chi connectivity index (χ4n) is 2.15. The Hall–Kier alpha value is -3.36. The number of nitriles is 1. The van der Waals surface area contributed by atoms with Crippen molar-refractivity contribution in [3.05, 3.63) is 82.6 Å². The second-order valence-corrected chi connectivity index (χ2v) is 5.48. The van der Waals surface area contributed by atoms with Crippen molar-refractivity contribution in [1.82, 2.24) is 5.43 Å². The second kappa shape index (κ2) is 7.47. The summed E-state index contributed by atoms with van der Waals surface area (Å²) in [6, 6.07) is 19.4. The monoisotopic (exact) mass is 349 g/mol. The molecule has 0 fully saturated rings. The minimum Gasteiger partial charge on any atom is -0.455 e. The van der Waals surface area contributed by atoms with E-state index >= 15 is 0 Å². The van der Waals surface area contributed by atoms with Crippen molar-refractivity contribution < 1.29 is 9.21 Å². The van der Waals surface area contributed by atoms with E-state index < -0.39 is 5.91 Å². The smallest absolute Gasteiger partial charge is 0.272 e. The molecule has 0 aliphatic carbocycles. The molecule has 0 bridgehead atoms. The normalized spacial score (nSPS) is 10.6. The first-order chi connectivity index (χ1) is 12.2. The Bertz CT molecular complexity index is 969. The lowest BCUT2D eigenvalue weighted by Gasteiger charge is -2.01. The minimum atomic E-state index is -0.402. The van der Waals surface area contributed by atoms with Crippen LogP contribution < -0.4 is 5.43 Å². The molecule has 6 heteroatoms. The van der Waals surface area contributed by atoms with Crippen LogP contribution in [0.1, 0.15) is 21.7 Å². The van der Waals surface area contributed by atoms with Crippen molar-refractivity contribution in [2.45, 2.75) is 0 Å². The topological polar surface area (TPSA) is 78.4 Å². The van der Waals surface area contributed by atoms with E-state index in [0.717, 1.165) is 5.56 Å². The van der Waals surface area contributed by atoms with Crippen LogP contribution >= 0.6 is 11.6 Å². The Morgan fingerprint density at radius 1 is 1.12 bits per heavy atom. The largest absolute Gasteiger partial charge is 0.455 e. The zero-order valence-corrected chi connectivity index (χ0v) is 13.7. The predicted octanol–water partition coefficient (Wildman–Crippen LogP) is 4.24. The molecule has 0 spiro atoms. The van der Waals surface area contributed by atoms with Crippen molar-refractivity contribution in [3.8, 4) is 17.4 Å². The van der Waals surface area contributed by atoms with E-state index in [1.54, 1.807) is 60.7 Å². The Labute approximate surface area is 149 Å². The van der Waals surface area contributed by atoms with Gasteiger partial charge in [-0.1, -0.05) is 23.7 Å². The van der Waals surface area contributed by atoms with Crippen molar-refractivity contribution in [2.75, 3.05) is 0 Å². The van der Waals surface area contributed by atoms with Crippen LogP contribution in [0.25, 0.3) is 11.3 Å². The van der Waals surface area contributed by atoms with Gasteiger partial charge in [0.15, 0.2) is 0 Å². The summed E-state index contributed by atoms with van der Waals surface area (Å²) in [6.07, 6.45) is 1.40. The van der Waals surface area contributed by atoms with Crippen molar-refractivity contribution in [2.24, 2.45) is 5.10 Å². The van der Waals surface area contributed by atoms with Crippen LogP contribution in [0, 0.1) is 11.3 Å². The zero-order valence-electron chi connectivity index (χ0n) is 12.9. The summed E-state index contributed by atoms with van der Waals surface area (Å²) in [5.74, 6) is 0.725. The number of furan rings is 1. The van der Waals surface area contributed by atoms with E-state index in [9.17, 15) is 4.79 Å². The third-order valence-electron chi connectivity index (χ3n) is 3.40. The lowest BCUT2D eigenvalue weighted by Crippen LogP contribution is -2.17. The molecule has 122 valence electrons. The molecule has 5 nitrogen and oxygen atoms in total. The number of hydrazone groups is 1. The lowest BCUT2D eigenvalue weighted by atomic mass is 10.1. The molecule has 25 heavy (non-hydrogen) atoms. The molecule has 0 unspecified atom stereocenters. The molecule has 0 atom stereocenters. The van der Waals surface area contributed by atoms with Gasteiger partial charge in [-0.05, 0) is 48.5 Å². The number of hydrogen-bond acceptors (Lipinski definition) is 4.